The number of nitrogens with zero attached hydrogens (tertiary/aromatic N) is 1. The van der Waals surface area contributed by atoms with Crippen LogP contribution < -0.4 is 4.90 Å². The predicted molar refractivity (Wildman–Crippen MR) is 235 cm³/mol. The number of furan rings is 1. The third-order valence-electron chi connectivity index (χ3n) is 10.9. The molecule has 0 aliphatic carbocycles. The molecule has 11 rings (SSSR count). The molecule has 9 aromatic carbocycles. The van der Waals surface area contributed by atoms with Crippen LogP contribution in [0.4, 0.5) is 17.1 Å². The summed E-state index contributed by atoms with van der Waals surface area (Å²) in [5.74, 6) is 0. The summed E-state index contributed by atoms with van der Waals surface area (Å²) in [6.45, 7) is 0. The molecule has 258 valence electrons. The molecule has 0 spiro atoms. The van der Waals surface area contributed by atoms with Crippen molar-refractivity contribution in [2.75, 3.05) is 4.90 Å². The SMILES string of the molecule is c1cc(-c2ccc3sc4ccccc4c3c2)cc(N(c2ccccc2-c2cccc3ccccc23)c2ccccc2-c2cccc3oc4ccccc4c23)c1. The topological polar surface area (TPSA) is 16.4 Å². The molecule has 0 atom stereocenters. The predicted octanol–water partition coefficient (Wildman–Crippen LogP) is 15.6. The van der Waals surface area contributed by atoms with Crippen molar-refractivity contribution in [1.82, 2.24) is 0 Å². The largest absolute Gasteiger partial charge is 0.456 e. The number of para-hydroxylation sites is 3. The Morgan fingerprint density at radius 1 is 0.364 bits per heavy atom. The summed E-state index contributed by atoms with van der Waals surface area (Å²) in [5.41, 5.74) is 12.0. The van der Waals surface area contributed by atoms with Crippen molar-refractivity contribution in [2.24, 2.45) is 0 Å². The summed E-state index contributed by atoms with van der Waals surface area (Å²) in [7, 11) is 0. The molecule has 0 aliphatic rings. The van der Waals surface area contributed by atoms with Crippen LogP contribution in [0.15, 0.2) is 205 Å². The highest BCUT2D eigenvalue weighted by Crippen LogP contribution is 2.48. The van der Waals surface area contributed by atoms with Crippen molar-refractivity contribution in [3.63, 3.8) is 0 Å². The molecule has 2 aromatic heterocycles. The van der Waals surface area contributed by atoms with E-state index in [9.17, 15) is 0 Å². The molecule has 0 amide bonds. The van der Waals surface area contributed by atoms with E-state index in [0.29, 0.717) is 0 Å². The summed E-state index contributed by atoms with van der Waals surface area (Å²) < 4.78 is 9.03. The second-order valence-electron chi connectivity index (χ2n) is 14.0. The monoisotopic (exact) mass is 719 g/mol. The zero-order valence-electron chi connectivity index (χ0n) is 29.8. The third kappa shape index (κ3) is 5.24. The van der Waals surface area contributed by atoms with E-state index in [4.69, 9.17) is 4.42 Å². The number of benzene rings is 9. The van der Waals surface area contributed by atoms with Crippen molar-refractivity contribution < 1.29 is 4.42 Å². The van der Waals surface area contributed by atoms with Crippen LogP contribution in [0.2, 0.25) is 0 Å². The van der Waals surface area contributed by atoms with E-state index >= 15 is 0 Å². The molecule has 2 heterocycles. The van der Waals surface area contributed by atoms with Gasteiger partial charge in [-0.3, -0.25) is 0 Å². The zero-order chi connectivity index (χ0) is 36.3. The number of thiophene rings is 1. The van der Waals surface area contributed by atoms with Gasteiger partial charge < -0.3 is 9.32 Å². The molecule has 11 aromatic rings. The fourth-order valence-corrected chi connectivity index (χ4v) is 9.48. The van der Waals surface area contributed by atoms with Crippen LogP contribution in [-0.4, -0.2) is 0 Å². The maximum absolute atomic E-state index is 6.41. The normalized spacial score (nSPS) is 11.6. The Morgan fingerprint density at radius 3 is 1.82 bits per heavy atom. The van der Waals surface area contributed by atoms with Crippen LogP contribution in [0.1, 0.15) is 0 Å². The third-order valence-corrected chi connectivity index (χ3v) is 12.0. The van der Waals surface area contributed by atoms with Crippen LogP contribution in [0, 0.1) is 0 Å². The van der Waals surface area contributed by atoms with Gasteiger partial charge in [0.2, 0.25) is 0 Å². The van der Waals surface area contributed by atoms with Crippen molar-refractivity contribution >= 4 is 81.3 Å². The number of fused-ring (bicyclic) bond motifs is 7. The molecule has 0 saturated carbocycles. The van der Waals surface area contributed by atoms with E-state index in [1.807, 2.05) is 17.4 Å². The number of hydrogen-bond donors (Lipinski definition) is 0. The van der Waals surface area contributed by atoms with Crippen LogP contribution in [-0.2, 0) is 0 Å². The molecule has 0 fully saturated rings. The fraction of sp³-hybridized carbons (Fsp3) is 0. The van der Waals surface area contributed by atoms with E-state index < -0.39 is 0 Å². The molecule has 0 saturated heterocycles. The van der Waals surface area contributed by atoms with Gasteiger partial charge in [0.25, 0.3) is 0 Å². The highest BCUT2D eigenvalue weighted by molar-refractivity contribution is 7.25. The first-order chi connectivity index (χ1) is 27.3. The molecular weight excluding hydrogens is 687 g/mol. The molecule has 0 bridgehead atoms. The highest BCUT2D eigenvalue weighted by atomic mass is 32.1. The Kier molecular flexibility index (Phi) is 7.39. The van der Waals surface area contributed by atoms with Gasteiger partial charge in [-0.25, -0.2) is 0 Å². The van der Waals surface area contributed by atoms with Gasteiger partial charge in [-0.15, -0.1) is 11.3 Å². The number of hydrogen-bond acceptors (Lipinski definition) is 3. The standard InChI is InChI=1S/C52H33NOS/c1-2-18-38-34(14-1)15-12-23-39(38)40-19-3-7-25-46(40)53(37-17-11-16-35(32-37)36-30-31-51-45(33-36)42-21-6-10-29-50(42)55-51)47-26-8-4-20-41(47)43-24-13-28-49-52(43)44-22-5-9-27-48(44)54-49/h1-33H. The average molecular weight is 720 g/mol. The van der Waals surface area contributed by atoms with Crippen molar-refractivity contribution in [3.05, 3.63) is 200 Å². The molecule has 2 nitrogen and oxygen atoms in total. The van der Waals surface area contributed by atoms with Crippen LogP contribution in [0.3, 0.4) is 0 Å². The van der Waals surface area contributed by atoms with E-state index in [2.05, 4.69) is 199 Å². The van der Waals surface area contributed by atoms with E-state index in [1.54, 1.807) is 0 Å². The summed E-state index contributed by atoms with van der Waals surface area (Å²) >= 11 is 1.85. The second kappa shape index (κ2) is 12.9. The van der Waals surface area contributed by atoms with Gasteiger partial charge in [-0.05, 0) is 87.6 Å². The Hall–Kier alpha value is -6.94. The van der Waals surface area contributed by atoms with Gasteiger partial charge in [0.15, 0.2) is 0 Å². The lowest BCUT2D eigenvalue weighted by Crippen LogP contribution is -2.12. The van der Waals surface area contributed by atoms with Crippen molar-refractivity contribution in [3.8, 4) is 33.4 Å². The first-order valence-corrected chi connectivity index (χ1v) is 19.5. The van der Waals surface area contributed by atoms with E-state index in [-0.39, 0.29) is 0 Å². The molecule has 0 radical (unpaired) electrons. The number of rotatable bonds is 6. The second-order valence-corrected chi connectivity index (χ2v) is 15.1. The lowest BCUT2D eigenvalue weighted by Gasteiger charge is -2.30. The molecule has 0 N–H and O–H groups in total. The minimum atomic E-state index is 0.884. The Balaban J connectivity index is 1.17. The maximum atomic E-state index is 6.41. The molecule has 55 heavy (non-hydrogen) atoms. The maximum Gasteiger partial charge on any atom is 0.136 e. The van der Waals surface area contributed by atoms with Gasteiger partial charge >= 0.3 is 0 Å². The van der Waals surface area contributed by atoms with E-state index in [1.165, 1.54) is 47.6 Å². The minimum Gasteiger partial charge on any atom is -0.456 e. The first-order valence-electron chi connectivity index (χ1n) is 18.7. The lowest BCUT2D eigenvalue weighted by molar-refractivity contribution is 0.669. The van der Waals surface area contributed by atoms with Crippen LogP contribution in [0.25, 0.3) is 86.3 Å². The molecule has 0 aliphatic heterocycles. The Labute approximate surface area is 322 Å². The summed E-state index contributed by atoms with van der Waals surface area (Å²) in [4.78, 5) is 2.45. The van der Waals surface area contributed by atoms with Crippen molar-refractivity contribution in [1.29, 1.82) is 0 Å². The summed E-state index contributed by atoms with van der Waals surface area (Å²) in [6, 6.07) is 72.3. The van der Waals surface area contributed by atoms with Gasteiger partial charge in [0, 0.05) is 47.8 Å². The van der Waals surface area contributed by atoms with Gasteiger partial charge in [-0.1, -0.05) is 146 Å². The number of anilines is 3. The average Bonchev–Trinajstić information content (AvgIpc) is 3.82. The summed E-state index contributed by atoms with van der Waals surface area (Å²) in [6.07, 6.45) is 0. The van der Waals surface area contributed by atoms with Crippen LogP contribution in [0.5, 0.6) is 0 Å². The smallest absolute Gasteiger partial charge is 0.136 e. The minimum absolute atomic E-state index is 0.884. The zero-order valence-corrected chi connectivity index (χ0v) is 30.6. The van der Waals surface area contributed by atoms with Crippen LogP contribution >= 0.6 is 11.3 Å². The summed E-state index contributed by atoms with van der Waals surface area (Å²) in [5, 5.41) is 7.29. The lowest BCUT2D eigenvalue weighted by atomic mass is 9.94. The fourth-order valence-electron chi connectivity index (χ4n) is 8.39. The Bertz CT molecular complexity index is 3240. The van der Waals surface area contributed by atoms with Gasteiger partial charge in [0.1, 0.15) is 11.2 Å². The molecular formula is C52H33NOS. The Morgan fingerprint density at radius 2 is 0.945 bits per heavy atom. The molecule has 3 heteroatoms. The van der Waals surface area contributed by atoms with Gasteiger partial charge in [-0.2, -0.15) is 0 Å². The first kappa shape index (κ1) is 31.6. The van der Waals surface area contributed by atoms with E-state index in [0.717, 1.165) is 55.7 Å². The highest BCUT2D eigenvalue weighted by Gasteiger charge is 2.23. The van der Waals surface area contributed by atoms with Crippen molar-refractivity contribution in [2.45, 2.75) is 0 Å². The van der Waals surface area contributed by atoms with Gasteiger partial charge in [0.05, 0.1) is 11.4 Å². The quantitative estimate of drug-likeness (QED) is 0.170. The molecule has 0 unspecified atom stereocenters.